The van der Waals surface area contributed by atoms with Crippen LogP contribution in [0.25, 0.3) is 0 Å². The van der Waals surface area contributed by atoms with Crippen LogP contribution in [-0.4, -0.2) is 63.0 Å². The highest BCUT2D eigenvalue weighted by molar-refractivity contribution is 5.96. The lowest BCUT2D eigenvalue weighted by Gasteiger charge is -2.22. The zero-order valence-electron chi connectivity index (χ0n) is 14.3. The van der Waals surface area contributed by atoms with Crippen LogP contribution in [0.2, 0.25) is 0 Å². The molecule has 1 saturated heterocycles. The Morgan fingerprint density at radius 1 is 1.04 bits per heavy atom. The van der Waals surface area contributed by atoms with Crippen molar-refractivity contribution in [1.82, 2.24) is 25.0 Å². The summed E-state index contributed by atoms with van der Waals surface area (Å²) < 4.78 is 0. The Balaban J connectivity index is 1.68. The third-order valence-corrected chi connectivity index (χ3v) is 4.35. The van der Waals surface area contributed by atoms with Crippen molar-refractivity contribution < 1.29 is 9.59 Å². The molecule has 8 heteroatoms. The van der Waals surface area contributed by atoms with Crippen LogP contribution in [0.15, 0.2) is 23.0 Å². The van der Waals surface area contributed by atoms with Gasteiger partial charge in [-0.1, -0.05) is 0 Å². The minimum absolute atomic E-state index is 0.0154. The van der Waals surface area contributed by atoms with Crippen molar-refractivity contribution in [3.63, 3.8) is 0 Å². The summed E-state index contributed by atoms with van der Waals surface area (Å²) in [7, 11) is 0. The number of aromatic amines is 2. The Morgan fingerprint density at radius 2 is 1.72 bits per heavy atom. The Hall–Kier alpha value is -2.90. The van der Waals surface area contributed by atoms with E-state index in [9.17, 15) is 14.4 Å². The molecule has 2 aromatic rings. The van der Waals surface area contributed by atoms with Crippen LogP contribution in [0.1, 0.15) is 38.7 Å². The number of nitrogens with one attached hydrogen (secondary N) is 2. The number of carbonyl (C=O) groups excluding carboxylic acids is 2. The minimum atomic E-state index is -0.346. The van der Waals surface area contributed by atoms with Crippen molar-refractivity contribution in [2.24, 2.45) is 0 Å². The van der Waals surface area contributed by atoms with E-state index in [2.05, 4.69) is 15.2 Å². The Morgan fingerprint density at radius 3 is 2.28 bits per heavy atom. The van der Waals surface area contributed by atoms with Gasteiger partial charge in [-0.25, -0.2) is 5.10 Å². The van der Waals surface area contributed by atoms with E-state index in [-0.39, 0.29) is 23.1 Å². The van der Waals surface area contributed by atoms with Crippen LogP contribution in [0.4, 0.5) is 0 Å². The maximum atomic E-state index is 12.7. The second-order valence-electron chi connectivity index (χ2n) is 6.24. The largest absolute Gasteiger partial charge is 0.362 e. The molecule has 2 aromatic heterocycles. The van der Waals surface area contributed by atoms with Crippen molar-refractivity contribution in [2.75, 3.05) is 26.2 Å². The normalized spacial score (nSPS) is 15.1. The smallest absolute Gasteiger partial charge is 0.274 e. The molecule has 2 N–H and O–H groups in total. The summed E-state index contributed by atoms with van der Waals surface area (Å²) in [6.07, 6.45) is 0.698. The fourth-order valence-corrected chi connectivity index (χ4v) is 3.07. The van der Waals surface area contributed by atoms with Gasteiger partial charge in [-0.15, -0.1) is 0 Å². The molecule has 1 fully saturated rings. The summed E-state index contributed by atoms with van der Waals surface area (Å²) in [5.74, 6) is -0.252. The highest BCUT2D eigenvalue weighted by Crippen LogP contribution is 2.15. The van der Waals surface area contributed by atoms with Crippen LogP contribution in [0, 0.1) is 13.8 Å². The fraction of sp³-hybridized carbons (Fsp3) is 0.412. The molecule has 25 heavy (non-hydrogen) atoms. The molecule has 0 aliphatic carbocycles. The summed E-state index contributed by atoms with van der Waals surface area (Å²) in [4.78, 5) is 42.9. The first-order valence-corrected chi connectivity index (χ1v) is 8.26. The topological polar surface area (TPSA) is 102 Å². The number of nitrogens with zero attached hydrogens (tertiary/aromatic N) is 3. The molecule has 0 saturated carbocycles. The molecule has 0 spiro atoms. The summed E-state index contributed by atoms with van der Waals surface area (Å²) in [6, 6.07) is 4.56. The zero-order chi connectivity index (χ0) is 18.0. The van der Waals surface area contributed by atoms with Crippen LogP contribution in [-0.2, 0) is 0 Å². The van der Waals surface area contributed by atoms with Gasteiger partial charge in [-0.2, -0.15) is 5.10 Å². The van der Waals surface area contributed by atoms with E-state index in [0.717, 1.165) is 11.4 Å². The van der Waals surface area contributed by atoms with Crippen molar-refractivity contribution in [1.29, 1.82) is 0 Å². The van der Waals surface area contributed by atoms with Crippen LogP contribution < -0.4 is 5.56 Å². The number of hydrogen-bond donors (Lipinski definition) is 2. The van der Waals surface area contributed by atoms with Crippen LogP contribution >= 0.6 is 0 Å². The molecule has 2 amide bonds. The molecule has 0 bridgehead atoms. The van der Waals surface area contributed by atoms with Gasteiger partial charge in [0.25, 0.3) is 17.4 Å². The monoisotopic (exact) mass is 343 g/mol. The van der Waals surface area contributed by atoms with E-state index in [1.165, 1.54) is 12.1 Å². The second kappa shape index (κ2) is 6.92. The SMILES string of the molecule is Cc1cc(C(=O)N2CCCN(C(=O)c3ccc(=O)[nH]n3)CC2)c(C)[nH]1. The Kier molecular flexibility index (Phi) is 4.69. The standard InChI is InChI=1S/C17H21N5O3/c1-11-10-13(12(2)18-11)16(24)21-6-3-7-22(9-8-21)17(25)14-4-5-15(23)20-19-14/h4-5,10,18H,3,6-9H2,1-2H3,(H,20,23). The molecular formula is C17H21N5O3. The van der Waals surface area contributed by atoms with Crippen molar-refractivity contribution in [3.05, 3.63) is 51.2 Å². The van der Waals surface area contributed by atoms with Crippen LogP contribution in [0.3, 0.4) is 0 Å². The molecular weight excluding hydrogens is 322 g/mol. The molecule has 1 aliphatic rings. The van der Waals surface area contributed by atoms with Gasteiger partial charge in [0.2, 0.25) is 0 Å². The number of aryl methyl sites for hydroxylation is 2. The number of hydrogen-bond acceptors (Lipinski definition) is 4. The average molecular weight is 343 g/mol. The van der Waals surface area contributed by atoms with Gasteiger partial charge < -0.3 is 14.8 Å². The molecule has 0 radical (unpaired) electrons. The lowest BCUT2D eigenvalue weighted by molar-refractivity contribution is 0.0714. The number of aromatic nitrogens is 3. The summed E-state index contributed by atoms with van der Waals surface area (Å²) in [6.45, 7) is 5.87. The molecule has 3 rings (SSSR count). The van der Waals surface area contributed by atoms with E-state index in [1.807, 2.05) is 19.9 Å². The molecule has 132 valence electrons. The van der Waals surface area contributed by atoms with Gasteiger partial charge in [0.15, 0.2) is 0 Å². The summed E-state index contributed by atoms with van der Waals surface area (Å²) in [5, 5.41) is 6.06. The maximum absolute atomic E-state index is 12.7. The first kappa shape index (κ1) is 16.9. The van der Waals surface area contributed by atoms with Gasteiger partial charge in [0.05, 0.1) is 5.56 Å². The lowest BCUT2D eigenvalue weighted by Crippen LogP contribution is -2.38. The minimum Gasteiger partial charge on any atom is -0.362 e. The quantitative estimate of drug-likeness (QED) is 0.838. The number of rotatable bonds is 2. The number of H-pyrrole nitrogens is 2. The van der Waals surface area contributed by atoms with Crippen LogP contribution in [0.5, 0.6) is 0 Å². The number of carbonyl (C=O) groups is 2. The third-order valence-electron chi connectivity index (χ3n) is 4.35. The molecule has 0 aromatic carbocycles. The molecule has 3 heterocycles. The first-order valence-electron chi connectivity index (χ1n) is 8.26. The van der Waals surface area contributed by atoms with Gasteiger partial charge in [0.1, 0.15) is 5.69 Å². The van der Waals surface area contributed by atoms with E-state index in [1.54, 1.807) is 9.80 Å². The van der Waals surface area contributed by atoms with E-state index >= 15 is 0 Å². The van der Waals surface area contributed by atoms with Gasteiger partial charge >= 0.3 is 0 Å². The van der Waals surface area contributed by atoms with E-state index in [0.29, 0.717) is 38.2 Å². The number of amides is 2. The van der Waals surface area contributed by atoms with E-state index in [4.69, 9.17) is 0 Å². The van der Waals surface area contributed by atoms with Gasteiger partial charge in [-0.3, -0.25) is 14.4 Å². The molecule has 0 unspecified atom stereocenters. The predicted octanol–water partition coefficient (Wildman–Crippen LogP) is 0.703. The van der Waals surface area contributed by atoms with Gasteiger partial charge in [-0.05, 0) is 32.4 Å². The summed E-state index contributed by atoms with van der Waals surface area (Å²) in [5.41, 5.74) is 2.35. The molecule has 0 atom stereocenters. The Bertz CT molecular complexity index is 834. The Labute approximate surface area is 144 Å². The van der Waals surface area contributed by atoms with Gasteiger partial charge in [0, 0.05) is 43.6 Å². The maximum Gasteiger partial charge on any atom is 0.274 e. The molecule has 8 nitrogen and oxygen atoms in total. The average Bonchev–Trinajstić information content (AvgIpc) is 2.80. The highest BCUT2D eigenvalue weighted by atomic mass is 16.2. The van der Waals surface area contributed by atoms with Crippen molar-refractivity contribution >= 4 is 11.8 Å². The van der Waals surface area contributed by atoms with Crippen molar-refractivity contribution in [3.8, 4) is 0 Å². The first-order chi connectivity index (χ1) is 12.0. The van der Waals surface area contributed by atoms with E-state index < -0.39 is 0 Å². The fourth-order valence-electron chi connectivity index (χ4n) is 3.07. The predicted molar refractivity (Wildman–Crippen MR) is 91.5 cm³/mol. The molecule has 1 aliphatic heterocycles. The second-order valence-corrected chi connectivity index (χ2v) is 6.24. The van der Waals surface area contributed by atoms with Crippen molar-refractivity contribution in [2.45, 2.75) is 20.3 Å². The lowest BCUT2D eigenvalue weighted by atomic mass is 10.2. The zero-order valence-corrected chi connectivity index (χ0v) is 14.3. The highest BCUT2D eigenvalue weighted by Gasteiger charge is 2.25. The third kappa shape index (κ3) is 3.62. The summed E-state index contributed by atoms with van der Waals surface area (Å²) >= 11 is 0.